The summed E-state index contributed by atoms with van der Waals surface area (Å²) in [5, 5.41) is 6.58. The molecular formula is C21H25N3O4. The SMILES string of the molecule is CCCOc1c(C=NNC(=O)CC(=O)Nc2ccc(C)cc2)cccc1OC. The van der Waals surface area contributed by atoms with Gasteiger partial charge in [0, 0.05) is 11.3 Å². The molecule has 0 spiro atoms. The van der Waals surface area contributed by atoms with Crippen LogP contribution in [0.3, 0.4) is 0 Å². The summed E-state index contributed by atoms with van der Waals surface area (Å²) in [4.78, 5) is 23.9. The Balaban J connectivity index is 1.92. The predicted octanol–water partition coefficient (Wildman–Crippen LogP) is 3.27. The van der Waals surface area contributed by atoms with Crippen molar-refractivity contribution in [1.82, 2.24) is 5.43 Å². The minimum Gasteiger partial charge on any atom is -0.493 e. The number of para-hydroxylation sites is 1. The van der Waals surface area contributed by atoms with Gasteiger partial charge >= 0.3 is 0 Å². The van der Waals surface area contributed by atoms with Crippen LogP contribution in [0.2, 0.25) is 0 Å². The number of aryl methyl sites for hydroxylation is 1. The highest BCUT2D eigenvalue weighted by Crippen LogP contribution is 2.30. The van der Waals surface area contributed by atoms with E-state index in [-0.39, 0.29) is 6.42 Å². The largest absolute Gasteiger partial charge is 0.493 e. The van der Waals surface area contributed by atoms with Crippen molar-refractivity contribution < 1.29 is 19.1 Å². The number of ether oxygens (including phenoxy) is 2. The predicted molar refractivity (Wildman–Crippen MR) is 109 cm³/mol. The molecule has 7 heteroatoms. The monoisotopic (exact) mass is 383 g/mol. The average molecular weight is 383 g/mol. The summed E-state index contributed by atoms with van der Waals surface area (Å²) in [6, 6.07) is 12.7. The normalized spacial score (nSPS) is 10.5. The maximum atomic E-state index is 11.9. The van der Waals surface area contributed by atoms with Gasteiger partial charge in [0.2, 0.25) is 11.8 Å². The van der Waals surface area contributed by atoms with E-state index in [0.29, 0.717) is 29.4 Å². The molecule has 2 rings (SSSR count). The zero-order valence-electron chi connectivity index (χ0n) is 16.3. The Hall–Kier alpha value is -3.35. The van der Waals surface area contributed by atoms with E-state index in [1.165, 1.54) is 6.21 Å². The third kappa shape index (κ3) is 6.42. The van der Waals surface area contributed by atoms with E-state index >= 15 is 0 Å². The molecule has 0 heterocycles. The van der Waals surface area contributed by atoms with Gasteiger partial charge in [-0.2, -0.15) is 5.10 Å². The maximum absolute atomic E-state index is 11.9. The number of hydrazone groups is 1. The molecule has 28 heavy (non-hydrogen) atoms. The first-order chi connectivity index (χ1) is 13.5. The van der Waals surface area contributed by atoms with Crippen molar-refractivity contribution in [3.63, 3.8) is 0 Å². The number of amides is 2. The Morgan fingerprint density at radius 3 is 2.54 bits per heavy atom. The second-order valence-electron chi connectivity index (χ2n) is 6.11. The summed E-state index contributed by atoms with van der Waals surface area (Å²) in [5.74, 6) is 0.216. The highest BCUT2D eigenvalue weighted by molar-refractivity contribution is 6.03. The zero-order chi connectivity index (χ0) is 20.4. The summed E-state index contributed by atoms with van der Waals surface area (Å²) < 4.78 is 11.0. The molecule has 0 fully saturated rings. The summed E-state index contributed by atoms with van der Waals surface area (Å²) >= 11 is 0. The molecule has 2 N–H and O–H groups in total. The van der Waals surface area contributed by atoms with Crippen LogP contribution in [0.15, 0.2) is 47.6 Å². The lowest BCUT2D eigenvalue weighted by Crippen LogP contribution is -2.24. The van der Waals surface area contributed by atoms with Gasteiger partial charge in [0.05, 0.1) is 19.9 Å². The first kappa shape index (κ1) is 21.0. The molecule has 0 unspecified atom stereocenters. The van der Waals surface area contributed by atoms with Crippen LogP contribution in [0.1, 0.15) is 30.9 Å². The highest BCUT2D eigenvalue weighted by atomic mass is 16.5. The number of carbonyl (C=O) groups is 2. The lowest BCUT2D eigenvalue weighted by Gasteiger charge is -2.12. The van der Waals surface area contributed by atoms with Crippen molar-refractivity contribution >= 4 is 23.7 Å². The number of hydrogen-bond acceptors (Lipinski definition) is 5. The van der Waals surface area contributed by atoms with Crippen LogP contribution in [-0.2, 0) is 9.59 Å². The smallest absolute Gasteiger partial charge is 0.249 e. The molecule has 2 aromatic carbocycles. The number of benzene rings is 2. The quantitative estimate of drug-likeness (QED) is 0.395. The molecule has 0 atom stereocenters. The van der Waals surface area contributed by atoms with Gasteiger partial charge in [0.15, 0.2) is 11.5 Å². The van der Waals surface area contributed by atoms with Gasteiger partial charge in [0.25, 0.3) is 0 Å². The standard InChI is InChI=1S/C21H25N3O4/c1-4-12-28-21-16(6-5-7-18(21)27-3)14-22-24-20(26)13-19(25)23-17-10-8-15(2)9-11-17/h5-11,14H,4,12-13H2,1-3H3,(H,23,25)(H,24,26). The van der Waals surface area contributed by atoms with E-state index in [9.17, 15) is 9.59 Å². The fourth-order valence-electron chi connectivity index (χ4n) is 2.36. The van der Waals surface area contributed by atoms with Gasteiger partial charge < -0.3 is 14.8 Å². The molecule has 7 nitrogen and oxygen atoms in total. The molecule has 0 aliphatic carbocycles. The minimum atomic E-state index is -0.514. The Kier molecular flexibility index (Phi) is 8.02. The van der Waals surface area contributed by atoms with Crippen LogP contribution >= 0.6 is 0 Å². The number of rotatable bonds is 9. The third-order valence-corrected chi connectivity index (χ3v) is 3.73. The molecule has 0 bridgehead atoms. The van der Waals surface area contributed by atoms with Gasteiger partial charge in [-0.05, 0) is 37.6 Å². The van der Waals surface area contributed by atoms with Crippen molar-refractivity contribution in [2.45, 2.75) is 26.7 Å². The second-order valence-corrected chi connectivity index (χ2v) is 6.11. The lowest BCUT2D eigenvalue weighted by molar-refractivity contribution is -0.126. The Labute approximate surface area is 164 Å². The van der Waals surface area contributed by atoms with Gasteiger partial charge in [0.1, 0.15) is 6.42 Å². The number of nitrogens with one attached hydrogen (secondary N) is 2. The fourth-order valence-corrected chi connectivity index (χ4v) is 2.36. The highest BCUT2D eigenvalue weighted by Gasteiger charge is 2.11. The molecule has 0 radical (unpaired) electrons. The molecule has 0 aliphatic heterocycles. The van der Waals surface area contributed by atoms with E-state index in [0.717, 1.165) is 12.0 Å². The van der Waals surface area contributed by atoms with Crippen molar-refractivity contribution in [3.8, 4) is 11.5 Å². The number of carbonyl (C=O) groups excluding carboxylic acids is 2. The number of nitrogens with zero attached hydrogens (tertiary/aromatic N) is 1. The molecule has 0 saturated heterocycles. The van der Waals surface area contributed by atoms with E-state index in [2.05, 4.69) is 15.8 Å². The molecular weight excluding hydrogens is 358 g/mol. The van der Waals surface area contributed by atoms with Crippen molar-refractivity contribution in [2.75, 3.05) is 19.0 Å². The maximum Gasteiger partial charge on any atom is 0.249 e. The first-order valence-corrected chi connectivity index (χ1v) is 9.01. The van der Waals surface area contributed by atoms with Gasteiger partial charge in [-0.3, -0.25) is 9.59 Å². The molecule has 148 valence electrons. The number of anilines is 1. The molecule has 2 amide bonds. The minimum absolute atomic E-state index is 0.331. The fraction of sp³-hybridized carbons (Fsp3) is 0.286. The van der Waals surface area contributed by atoms with Crippen molar-refractivity contribution in [3.05, 3.63) is 53.6 Å². The number of methoxy groups -OCH3 is 1. The lowest BCUT2D eigenvalue weighted by atomic mass is 10.2. The van der Waals surface area contributed by atoms with Crippen LogP contribution in [0, 0.1) is 6.92 Å². The van der Waals surface area contributed by atoms with Crippen LogP contribution in [0.5, 0.6) is 11.5 Å². The first-order valence-electron chi connectivity index (χ1n) is 9.01. The van der Waals surface area contributed by atoms with E-state index in [1.54, 1.807) is 37.4 Å². The Morgan fingerprint density at radius 1 is 1.11 bits per heavy atom. The summed E-state index contributed by atoms with van der Waals surface area (Å²) in [6.45, 7) is 4.50. The zero-order valence-corrected chi connectivity index (χ0v) is 16.3. The van der Waals surface area contributed by atoms with Crippen LogP contribution in [-0.4, -0.2) is 31.7 Å². The van der Waals surface area contributed by atoms with Crippen molar-refractivity contribution in [1.29, 1.82) is 0 Å². The van der Waals surface area contributed by atoms with Crippen LogP contribution < -0.4 is 20.2 Å². The summed E-state index contributed by atoms with van der Waals surface area (Å²) in [6.07, 6.45) is 1.98. The van der Waals surface area contributed by atoms with Gasteiger partial charge in [-0.25, -0.2) is 5.43 Å². The molecule has 0 aromatic heterocycles. The van der Waals surface area contributed by atoms with Crippen molar-refractivity contribution in [2.24, 2.45) is 5.10 Å². The van der Waals surface area contributed by atoms with E-state index in [1.807, 2.05) is 26.0 Å². The molecule has 0 aliphatic rings. The molecule has 0 saturated carbocycles. The Bertz CT molecular complexity index is 832. The number of hydrogen-bond donors (Lipinski definition) is 2. The average Bonchev–Trinajstić information content (AvgIpc) is 2.68. The topological polar surface area (TPSA) is 89.0 Å². The van der Waals surface area contributed by atoms with Crippen LogP contribution in [0.25, 0.3) is 0 Å². The second kappa shape index (κ2) is 10.7. The summed E-state index contributed by atoms with van der Waals surface area (Å²) in [5.41, 5.74) is 4.74. The third-order valence-electron chi connectivity index (χ3n) is 3.73. The van der Waals surface area contributed by atoms with Gasteiger partial charge in [-0.1, -0.05) is 30.7 Å². The van der Waals surface area contributed by atoms with Gasteiger partial charge in [-0.15, -0.1) is 0 Å². The van der Waals surface area contributed by atoms with E-state index < -0.39 is 11.8 Å². The Morgan fingerprint density at radius 2 is 1.86 bits per heavy atom. The van der Waals surface area contributed by atoms with E-state index in [4.69, 9.17) is 9.47 Å². The molecule has 2 aromatic rings. The van der Waals surface area contributed by atoms with Crippen LogP contribution in [0.4, 0.5) is 5.69 Å². The summed E-state index contributed by atoms with van der Waals surface area (Å²) in [7, 11) is 1.56.